The van der Waals surface area contributed by atoms with E-state index in [2.05, 4.69) is 47.4 Å². The first-order chi connectivity index (χ1) is 9.49. The SMILES string of the molecule is Cc1nn(CCCNC(=O)c2c(Br)cnn2C)cc1Br. The average molecular weight is 405 g/mol. The van der Waals surface area contributed by atoms with E-state index in [0.29, 0.717) is 16.7 Å². The van der Waals surface area contributed by atoms with E-state index in [9.17, 15) is 4.79 Å². The second-order valence-corrected chi connectivity index (χ2v) is 6.11. The molecule has 108 valence electrons. The van der Waals surface area contributed by atoms with Gasteiger partial charge in [-0.1, -0.05) is 0 Å². The first-order valence-electron chi connectivity index (χ1n) is 6.14. The van der Waals surface area contributed by atoms with Crippen molar-refractivity contribution in [2.75, 3.05) is 6.54 Å². The van der Waals surface area contributed by atoms with Crippen molar-refractivity contribution in [1.29, 1.82) is 0 Å². The van der Waals surface area contributed by atoms with E-state index < -0.39 is 0 Å². The van der Waals surface area contributed by atoms with Gasteiger partial charge in [-0.25, -0.2) is 0 Å². The van der Waals surface area contributed by atoms with Gasteiger partial charge in [-0.15, -0.1) is 0 Å². The quantitative estimate of drug-likeness (QED) is 0.777. The molecule has 0 bridgehead atoms. The summed E-state index contributed by atoms with van der Waals surface area (Å²) in [5.41, 5.74) is 1.50. The maximum Gasteiger partial charge on any atom is 0.270 e. The molecule has 6 nitrogen and oxygen atoms in total. The summed E-state index contributed by atoms with van der Waals surface area (Å²) in [6.45, 7) is 3.30. The predicted octanol–water partition coefficient (Wildman–Crippen LogP) is 2.27. The molecule has 0 unspecified atom stereocenters. The summed E-state index contributed by atoms with van der Waals surface area (Å²) in [6, 6.07) is 0. The Labute approximate surface area is 133 Å². The van der Waals surface area contributed by atoms with Crippen LogP contribution in [0.25, 0.3) is 0 Å². The zero-order valence-electron chi connectivity index (χ0n) is 11.2. The maximum atomic E-state index is 12.0. The average Bonchev–Trinajstić information content (AvgIpc) is 2.89. The number of hydrogen-bond acceptors (Lipinski definition) is 3. The van der Waals surface area contributed by atoms with Crippen molar-refractivity contribution in [2.45, 2.75) is 19.9 Å². The Bertz CT molecular complexity index is 580. The lowest BCUT2D eigenvalue weighted by Crippen LogP contribution is -2.27. The summed E-state index contributed by atoms with van der Waals surface area (Å²) >= 11 is 6.73. The fourth-order valence-electron chi connectivity index (χ4n) is 1.80. The van der Waals surface area contributed by atoms with Gasteiger partial charge in [0.05, 0.1) is 20.8 Å². The summed E-state index contributed by atoms with van der Waals surface area (Å²) in [7, 11) is 1.74. The van der Waals surface area contributed by atoms with Crippen LogP contribution >= 0.6 is 31.9 Å². The second kappa shape index (κ2) is 6.53. The first kappa shape index (κ1) is 15.2. The molecule has 1 amide bonds. The molecule has 1 N–H and O–H groups in total. The molecule has 0 fully saturated rings. The number of aryl methyl sites for hydroxylation is 3. The minimum atomic E-state index is -0.130. The van der Waals surface area contributed by atoms with Gasteiger partial charge in [0.1, 0.15) is 5.69 Å². The highest BCUT2D eigenvalue weighted by Gasteiger charge is 2.14. The van der Waals surface area contributed by atoms with Crippen LogP contribution in [-0.4, -0.2) is 32.0 Å². The van der Waals surface area contributed by atoms with Crippen LogP contribution in [-0.2, 0) is 13.6 Å². The van der Waals surface area contributed by atoms with E-state index in [-0.39, 0.29) is 5.91 Å². The van der Waals surface area contributed by atoms with Crippen molar-refractivity contribution >= 4 is 37.8 Å². The molecule has 8 heteroatoms. The summed E-state index contributed by atoms with van der Waals surface area (Å²) in [6.07, 6.45) is 4.36. The van der Waals surface area contributed by atoms with Crippen LogP contribution in [0.3, 0.4) is 0 Å². The fourth-order valence-corrected chi connectivity index (χ4v) is 2.64. The number of amides is 1. The van der Waals surface area contributed by atoms with Crippen LogP contribution in [0, 0.1) is 6.92 Å². The van der Waals surface area contributed by atoms with E-state index in [0.717, 1.165) is 23.1 Å². The van der Waals surface area contributed by atoms with Crippen molar-refractivity contribution in [3.8, 4) is 0 Å². The monoisotopic (exact) mass is 403 g/mol. The summed E-state index contributed by atoms with van der Waals surface area (Å²) in [4.78, 5) is 12.0. The lowest BCUT2D eigenvalue weighted by atomic mass is 10.3. The molecule has 2 heterocycles. The lowest BCUT2D eigenvalue weighted by molar-refractivity contribution is 0.0942. The number of carbonyl (C=O) groups excluding carboxylic acids is 1. The molecule has 0 aliphatic heterocycles. The van der Waals surface area contributed by atoms with Crippen LogP contribution < -0.4 is 5.32 Å². The van der Waals surface area contributed by atoms with Gasteiger partial charge in [0.2, 0.25) is 0 Å². The highest BCUT2D eigenvalue weighted by molar-refractivity contribution is 9.10. The van der Waals surface area contributed by atoms with Crippen molar-refractivity contribution in [1.82, 2.24) is 24.9 Å². The van der Waals surface area contributed by atoms with Crippen LogP contribution in [0.2, 0.25) is 0 Å². The van der Waals surface area contributed by atoms with Gasteiger partial charge in [-0.05, 0) is 45.2 Å². The third-order valence-corrected chi connectivity index (χ3v) is 4.20. The second-order valence-electron chi connectivity index (χ2n) is 4.40. The third kappa shape index (κ3) is 3.49. The molecule has 0 radical (unpaired) electrons. The van der Waals surface area contributed by atoms with Crippen molar-refractivity contribution in [3.05, 3.63) is 32.7 Å². The number of nitrogens with one attached hydrogen (secondary N) is 1. The molecule has 0 aromatic carbocycles. The molecular weight excluding hydrogens is 390 g/mol. The largest absolute Gasteiger partial charge is 0.351 e. The van der Waals surface area contributed by atoms with E-state index in [1.165, 1.54) is 0 Å². The maximum absolute atomic E-state index is 12.0. The van der Waals surface area contributed by atoms with Crippen LogP contribution in [0.5, 0.6) is 0 Å². The minimum absolute atomic E-state index is 0.130. The Morgan fingerprint density at radius 3 is 2.70 bits per heavy atom. The van der Waals surface area contributed by atoms with Gasteiger partial charge in [-0.2, -0.15) is 10.2 Å². The summed E-state index contributed by atoms with van der Waals surface area (Å²) in [5.74, 6) is -0.130. The molecule has 20 heavy (non-hydrogen) atoms. The topological polar surface area (TPSA) is 64.7 Å². The Balaban J connectivity index is 1.80. The third-order valence-electron chi connectivity index (χ3n) is 2.85. The van der Waals surface area contributed by atoms with E-state index in [1.807, 2.05) is 17.8 Å². The first-order valence-corrected chi connectivity index (χ1v) is 7.73. The van der Waals surface area contributed by atoms with Crippen LogP contribution in [0.15, 0.2) is 21.3 Å². The Morgan fingerprint density at radius 2 is 2.15 bits per heavy atom. The Hall–Kier alpha value is -1.15. The van der Waals surface area contributed by atoms with Gasteiger partial charge in [-0.3, -0.25) is 14.2 Å². The van der Waals surface area contributed by atoms with Gasteiger partial charge in [0, 0.05) is 26.3 Å². The van der Waals surface area contributed by atoms with E-state index in [1.54, 1.807) is 17.9 Å². The zero-order valence-corrected chi connectivity index (χ0v) is 14.4. The highest BCUT2D eigenvalue weighted by Crippen LogP contribution is 2.15. The number of rotatable bonds is 5. The molecule has 0 aliphatic rings. The molecule has 2 aromatic heterocycles. The fraction of sp³-hybridized carbons (Fsp3) is 0.417. The number of nitrogens with zero attached hydrogens (tertiary/aromatic N) is 4. The molecule has 2 rings (SSSR count). The van der Waals surface area contributed by atoms with E-state index >= 15 is 0 Å². The van der Waals surface area contributed by atoms with Gasteiger partial charge >= 0.3 is 0 Å². The normalized spacial score (nSPS) is 10.8. The number of aromatic nitrogens is 4. The number of carbonyl (C=O) groups is 1. The van der Waals surface area contributed by atoms with Crippen molar-refractivity contribution < 1.29 is 4.79 Å². The Morgan fingerprint density at radius 1 is 1.40 bits per heavy atom. The van der Waals surface area contributed by atoms with Gasteiger partial charge < -0.3 is 5.32 Å². The van der Waals surface area contributed by atoms with Crippen molar-refractivity contribution in [3.63, 3.8) is 0 Å². The van der Waals surface area contributed by atoms with Crippen LogP contribution in [0.1, 0.15) is 22.6 Å². The van der Waals surface area contributed by atoms with Crippen LogP contribution in [0.4, 0.5) is 0 Å². The van der Waals surface area contributed by atoms with Crippen molar-refractivity contribution in [2.24, 2.45) is 7.05 Å². The minimum Gasteiger partial charge on any atom is -0.351 e. The standard InChI is InChI=1S/C12H15Br2N5O/c1-8-10(14)7-19(17-8)5-3-4-15-12(20)11-9(13)6-16-18(11)2/h6-7H,3-5H2,1-2H3,(H,15,20). The molecule has 0 atom stereocenters. The molecule has 0 aliphatic carbocycles. The Kier molecular flexibility index (Phi) is 4.98. The molecule has 0 saturated heterocycles. The van der Waals surface area contributed by atoms with Gasteiger partial charge in [0.15, 0.2) is 0 Å². The summed E-state index contributed by atoms with van der Waals surface area (Å²) in [5, 5.41) is 11.2. The zero-order chi connectivity index (χ0) is 14.7. The molecule has 2 aromatic rings. The highest BCUT2D eigenvalue weighted by atomic mass is 79.9. The smallest absolute Gasteiger partial charge is 0.270 e. The van der Waals surface area contributed by atoms with Gasteiger partial charge in [0.25, 0.3) is 5.91 Å². The summed E-state index contributed by atoms with van der Waals surface area (Å²) < 4.78 is 5.11. The predicted molar refractivity (Wildman–Crippen MR) is 82.5 cm³/mol. The molecule has 0 saturated carbocycles. The lowest BCUT2D eigenvalue weighted by Gasteiger charge is -2.06. The number of hydrogen-bond donors (Lipinski definition) is 1. The van der Waals surface area contributed by atoms with E-state index in [4.69, 9.17) is 0 Å². The molecule has 0 spiro atoms. The number of halogens is 2. The molecular formula is C12H15Br2N5O.